The van der Waals surface area contributed by atoms with Crippen LogP contribution in [0.2, 0.25) is 0 Å². The van der Waals surface area contributed by atoms with E-state index in [-0.39, 0.29) is 23.7 Å². The molecule has 0 aromatic heterocycles. The van der Waals surface area contributed by atoms with Gasteiger partial charge in [0.1, 0.15) is 11.6 Å². The first-order valence-electron chi connectivity index (χ1n) is 4.83. The summed E-state index contributed by atoms with van der Waals surface area (Å²) in [4.78, 5) is 11.4. The van der Waals surface area contributed by atoms with Gasteiger partial charge < -0.3 is 21.0 Å². The van der Waals surface area contributed by atoms with Crippen LogP contribution >= 0.6 is 0 Å². The van der Waals surface area contributed by atoms with Crippen LogP contribution in [-0.2, 0) is 4.79 Å². The molecule has 1 aromatic rings. The summed E-state index contributed by atoms with van der Waals surface area (Å²) in [5.74, 6) is -1.07. The Morgan fingerprint density at radius 3 is 2.78 bits per heavy atom. The lowest BCUT2D eigenvalue weighted by molar-refractivity contribution is -0.115. The zero-order chi connectivity index (χ0) is 13.5. The maximum Gasteiger partial charge on any atom is 0.387 e. The number of nitrogens with one attached hydrogen (secondary N) is 1. The molecule has 1 aromatic carbocycles. The number of oxime groups is 1. The molecule has 18 heavy (non-hydrogen) atoms. The Hall–Kier alpha value is -2.38. The van der Waals surface area contributed by atoms with E-state index in [0.29, 0.717) is 0 Å². The number of hydrogen-bond donors (Lipinski definition) is 3. The minimum atomic E-state index is -2.99. The lowest BCUT2D eigenvalue weighted by Crippen LogP contribution is -2.22. The highest BCUT2D eigenvalue weighted by Gasteiger charge is 2.12. The SMILES string of the molecule is N/C(CC(=O)Nc1ccccc1OC(F)F)=N\O. The number of nitrogens with two attached hydrogens (primary N) is 1. The maximum atomic E-state index is 12.1. The van der Waals surface area contributed by atoms with Gasteiger partial charge in [0.25, 0.3) is 0 Å². The second-order valence-corrected chi connectivity index (χ2v) is 3.19. The molecule has 0 bridgehead atoms. The van der Waals surface area contributed by atoms with Gasteiger partial charge in [0.2, 0.25) is 5.91 Å². The van der Waals surface area contributed by atoms with Crippen molar-refractivity contribution in [1.29, 1.82) is 0 Å². The van der Waals surface area contributed by atoms with E-state index in [1.165, 1.54) is 24.3 Å². The average Bonchev–Trinajstić information content (AvgIpc) is 2.30. The van der Waals surface area contributed by atoms with Crippen LogP contribution < -0.4 is 15.8 Å². The van der Waals surface area contributed by atoms with E-state index in [0.717, 1.165) is 0 Å². The first kappa shape index (κ1) is 13.7. The quantitative estimate of drug-likeness (QED) is 0.322. The van der Waals surface area contributed by atoms with Crippen LogP contribution in [0.15, 0.2) is 29.4 Å². The van der Waals surface area contributed by atoms with Gasteiger partial charge in [0.05, 0.1) is 12.1 Å². The van der Waals surface area contributed by atoms with Crippen molar-refractivity contribution in [2.45, 2.75) is 13.0 Å². The van der Waals surface area contributed by atoms with Gasteiger partial charge in [-0.15, -0.1) is 0 Å². The van der Waals surface area contributed by atoms with E-state index >= 15 is 0 Å². The number of amides is 1. The number of carbonyl (C=O) groups is 1. The van der Waals surface area contributed by atoms with Crippen LogP contribution in [0.25, 0.3) is 0 Å². The van der Waals surface area contributed by atoms with Crippen LogP contribution in [0, 0.1) is 0 Å². The molecule has 0 radical (unpaired) electrons. The van der Waals surface area contributed by atoms with Crippen LogP contribution in [0.4, 0.5) is 14.5 Å². The van der Waals surface area contributed by atoms with E-state index in [1.54, 1.807) is 0 Å². The van der Waals surface area contributed by atoms with Crippen molar-refractivity contribution in [3.63, 3.8) is 0 Å². The lowest BCUT2D eigenvalue weighted by atomic mass is 10.2. The standard InChI is InChI=1S/C10H11F2N3O3/c11-10(12)18-7-4-2-1-3-6(7)14-9(16)5-8(13)15-17/h1-4,10,17H,5H2,(H2,13,15)(H,14,16). The fraction of sp³-hybridized carbons (Fsp3) is 0.200. The second kappa shape index (κ2) is 6.38. The Morgan fingerprint density at radius 1 is 1.50 bits per heavy atom. The maximum absolute atomic E-state index is 12.1. The number of alkyl halides is 2. The topological polar surface area (TPSA) is 96.9 Å². The Kier molecular flexibility index (Phi) is 4.85. The van der Waals surface area contributed by atoms with E-state index in [2.05, 4.69) is 15.2 Å². The van der Waals surface area contributed by atoms with E-state index in [9.17, 15) is 13.6 Å². The molecular weight excluding hydrogens is 248 g/mol. The van der Waals surface area contributed by atoms with Crippen molar-refractivity contribution < 1.29 is 23.5 Å². The Morgan fingerprint density at radius 2 is 2.17 bits per heavy atom. The first-order valence-corrected chi connectivity index (χ1v) is 4.83. The zero-order valence-electron chi connectivity index (χ0n) is 9.14. The number of para-hydroxylation sites is 2. The van der Waals surface area contributed by atoms with E-state index < -0.39 is 12.5 Å². The summed E-state index contributed by atoms with van der Waals surface area (Å²) in [6.45, 7) is -2.99. The highest BCUT2D eigenvalue weighted by molar-refractivity contribution is 6.05. The molecule has 8 heteroatoms. The molecule has 0 spiro atoms. The molecule has 0 heterocycles. The van der Waals surface area contributed by atoms with Gasteiger partial charge in [-0.25, -0.2) is 0 Å². The molecular formula is C10H11F2N3O3. The number of anilines is 1. The van der Waals surface area contributed by atoms with E-state index in [1.807, 2.05) is 0 Å². The van der Waals surface area contributed by atoms with Crippen LogP contribution in [0.1, 0.15) is 6.42 Å². The monoisotopic (exact) mass is 259 g/mol. The normalized spacial score (nSPS) is 11.4. The molecule has 0 saturated carbocycles. The summed E-state index contributed by atoms with van der Waals surface area (Å²) in [7, 11) is 0. The summed E-state index contributed by atoms with van der Waals surface area (Å²) >= 11 is 0. The van der Waals surface area contributed by atoms with Gasteiger partial charge in [-0.1, -0.05) is 17.3 Å². The predicted molar refractivity (Wildman–Crippen MR) is 59.7 cm³/mol. The molecule has 4 N–H and O–H groups in total. The fourth-order valence-electron chi connectivity index (χ4n) is 1.16. The molecule has 1 amide bonds. The number of benzene rings is 1. The zero-order valence-corrected chi connectivity index (χ0v) is 9.14. The molecule has 0 aliphatic rings. The first-order chi connectivity index (χ1) is 8.52. The number of nitrogens with zero attached hydrogens (tertiary/aromatic N) is 1. The summed E-state index contributed by atoms with van der Waals surface area (Å²) in [5, 5.41) is 13.2. The Balaban J connectivity index is 2.74. The molecule has 0 aliphatic carbocycles. The Bertz CT molecular complexity index is 452. The molecule has 0 atom stereocenters. The van der Waals surface area contributed by atoms with Crippen molar-refractivity contribution in [2.24, 2.45) is 10.9 Å². The fourth-order valence-corrected chi connectivity index (χ4v) is 1.16. The third-order valence-corrected chi connectivity index (χ3v) is 1.85. The summed E-state index contributed by atoms with van der Waals surface area (Å²) < 4.78 is 28.4. The van der Waals surface area contributed by atoms with Gasteiger partial charge in [-0.05, 0) is 12.1 Å². The van der Waals surface area contributed by atoms with Crippen LogP contribution in [0.3, 0.4) is 0 Å². The smallest absolute Gasteiger partial charge is 0.387 e. The third kappa shape index (κ3) is 4.24. The van der Waals surface area contributed by atoms with Gasteiger partial charge in [-0.2, -0.15) is 8.78 Å². The average molecular weight is 259 g/mol. The summed E-state index contributed by atoms with van der Waals surface area (Å²) in [6, 6.07) is 5.70. The highest BCUT2D eigenvalue weighted by atomic mass is 19.3. The molecule has 0 unspecified atom stereocenters. The number of rotatable bonds is 5. The summed E-state index contributed by atoms with van der Waals surface area (Å²) in [5.41, 5.74) is 5.21. The number of amidine groups is 1. The second-order valence-electron chi connectivity index (χ2n) is 3.19. The third-order valence-electron chi connectivity index (χ3n) is 1.85. The van der Waals surface area contributed by atoms with Gasteiger partial charge in [-0.3, -0.25) is 4.79 Å². The van der Waals surface area contributed by atoms with Crippen molar-refractivity contribution in [1.82, 2.24) is 0 Å². The van der Waals surface area contributed by atoms with Gasteiger partial charge >= 0.3 is 6.61 Å². The van der Waals surface area contributed by atoms with Gasteiger partial charge in [0, 0.05) is 0 Å². The summed E-state index contributed by atoms with van der Waals surface area (Å²) in [6.07, 6.45) is -0.362. The molecule has 0 fully saturated rings. The van der Waals surface area contributed by atoms with E-state index in [4.69, 9.17) is 10.9 Å². The highest BCUT2D eigenvalue weighted by Crippen LogP contribution is 2.25. The van der Waals surface area contributed by atoms with Crippen LogP contribution in [0.5, 0.6) is 5.75 Å². The molecule has 1 rings (SSSR count). The number of hydrogen-bond acceptors (Lipinski definition) is 4. The van der Waals surface area contributed by atoms with Crippen molar-refractivity contribution >= 4 is 17.4 Å². The number of carbonyl (C=O) groups excluding carboxylic acids is 1. The van der Waals surface area contributed by atoms with Crippen molar-refractivity contribution in [3.05, 3.63) is 24.3 Å². The molecule has 0 saturated heterocycles. The van der Waals surface area contributed by atoms with Crippen molar-refractivity contribution in [2.75, 3.05) is 5.32 Å². The van der Waals surface area contributed by atoms with Crippen molar-refractivity contribution in [3.8, 4) is 5.75 Å². The number of ether oxygens (including phenoxy) is 1. The molecule has 6 nitrogen and oxygen atoms in total. The molecule has 98 valence electrons. The predicted octanol–water partition coefficient (Wildman–Crippen LogP) is 1.36. The largest absolute Gasteiger partial charge is 0.433 e. The van der Waals surface area contributed by atoms with Gasteiger partial charge in [0.15, 0.2) is 0 Å². The minimum Gasteiger partial charge on any atom is -0.433 e. The number of halogens is 2. The lowest BCUT2D eigenvalue weighted by Gasteiger charge is -2.11. The Labute approximate surface area is 101 Å². The molecule has 0 aliphatic heterocycles. The van der Waals surface area contributed by atoms with Crippen LogP contribution in [-0.4, -0.2) is 23.6 Å². The minimum absolute atomic E-state index is 0.0774.